The molecule has 0 amide bonds. The summed E-state index contributed by atoms with van der Waals surface area (Å²) in [6.45, 7) is 0.453. The Hall–Kier alpha value is -1.99. The zero-order chi connectivity index (χ0) is 14.5. The second kappa shape index (κ2) is 6.44. The molecule has 2 rings (SSSR count). The van der Waals surface area contributed by atoms with Crippen molar-refractivity contribution >= 4 is 23.4 Å². The molecule has 0 spiro atoms. The molecule has 0 saturated heterocycles. The summed E-state index contributed by atoms with van der Waals surface area (Å²) in [4.78, 5) is 8.30. The van der Waals surface area contributed by atoms with Crippen molar-refractivity contribution in [3.8, 4) is 5.75 Å². The monoisotopic (exact) mass is 291 g/mol. The van der Waals surface area contributed by atoms with Crippen molar-refractivity contribution in [2.45, 2.75) is 10.4 Å². The van der Waals surface area contributed by atoms with Gasteiger partial charge < -0.3 is 21.9 Å². The molecule has 1 heterocycles. The summed E-state index contributed by atoms with van der Waals surface area (Å²) in [6.07, 6.45) is 0. The van der Waals surface area contributed by atoms with Gasteiger partial charge in [0.1, 0.15) is 17.4 Å². The lowest BCUT2D eigenvalue weighted by molar-refractivity contribution is 0.414. The number of hydrogen-bond acceptors (Lipinski definition) is 7. The Labute approximate surface area is 121 Å². The number of hydrogen-bond donors (Lipinski definition) is 3. The molecule has 0 fully saturated rings. The van der Waals surface area contributed by atoms with Gasteiger partial charge in [-0.25, -0.2) is 9.97 Å². The van der Waals surface area contributed by atoms with Crippen LogP contribution in [0.4, 0.5) is 11.6 Å². The van der Waals surface area contributed by atoms with Crippen LogP contribution in [0.5, 0.6) is 5.75 Å². The number of nitrogen functional groups attached to an aromatic ring is 2. The van der Waals surface area contributed by atoms with Crippen molar-refractivity contribution in [1.29, 1.82) is 0 Å². The molecule has 0 aliphatic rings. The van der Waals surface area contributed by atoms with Crippen molar-refractivity contribution in [3.63, 3.8) is 0 Å². The number of anilines is 2. The van der Waals surface area contributed by atoms with Gasteiger partial charge in [-0.05, 0) is 17.7 Å². The number of thioether (sulfide) groups is 1. The maximum atomic E-state index is 5.83. The maximum Gasteiger partial charge on any atom is 0.192 e. The summed E-state index contributed by atoms with van der Waals surface area (Å²) >= 11 is 1.44. The second-order valence-electron chi connectivity index (χ2n) is 4.12. The number of aromatic nitrogens is 2. The highest BCUT2D eigenvalue weighted by Gasteiger charge is 2.14. The molecule has 2 aromatic rings. The van der Waals surface area contributed by atoms with Crippen LogP contribution in [-0.2, 0) is 0 Å². The molecule has 1 aromatic heterocycles. The van der Waals surface area contributed by atoms with E-state index in [9.17, 15) is 0 Å². The predicted octanol–water partition coefficient (Wildman–Crippen LogP) is 1.44. The molecule has 0 bridgehead atoms. The van der Waals surface area contributed by atoms with Crippen LogP contribution in [0.1, 0.15) is 10.8 Å². The number of nitrogens with two attached hydrogens (primary N) is 3. The summed E-state index contributed by atoms with van der Waals surface area (Å²) in [6, 6.07) is 9.26. The zero-order valence-corrected chi connectivity index (χ0v) is 11.9. The molecule has 0 saturated carbocycles. The van der Waals surface area contributed by atoms with Crippen molar-refractivity contribution in [3.05, 3.63) is 35.9 Å². The minimum absolute atomic E-state index is 0.0297. The summed E-state index contributed by atoms with van der Waals surface area (Å²) in [5.74, 6) is 1.51. The Morgan fingerprint density at radius 3 is 2.25 bits per heavy atom. The van der Waals surface area contributed by atoms with Crippen molar-refractivity contribution in [2.24, 2.45) is 5.73 Å². The third-order valence-corrected chi connectivity index (χ3v) is 3.84. The van der Waals surface area contributed by atoms with Gasteiger partial charge in [0.2, 0.25) is 0 Å². The molecule has 0 aliphatic heterocycles. The quantitative estimate of drug-likeness (QED) is 0.564. The standard InChI is InChI=1S/C13H17N5OS/c1-19-9-4-2-8(3-5-9)10(7-14)20-13-17-11(15)6-12(16)18-13/h2-6,10H,7,14H2,1H3,(H4,15,16,17,18). The molecule has 1 unspecified atom stereocenters. The lowest BCUT2D eigenvalue weighted by atomic mass is 10.1. The third-order valence-electron chi connectivity index (χ3n) is 2.69. The van der Waals surface area contributed by atoms with Gasteiger partial charge in [0.05, 0.1) is 7.11 Å². The average molecular weight is 291 g/mol. The van der Waals surface area contributed by atoms with E-state index in [0.29, 0.717) is 23.3 Å². The fourth-order valence-electron chi connectivity index (χ4n) is 1.71. The average Bonchev–Trinajstić information content (AvgIpc) is 2.44. The summed E-state index contributed by atoms with van der Waals surface area (Å²) in [7, 11) is 1.63. The van der Waals surface area contributed by atoms with Crippen LogP contribution >= 0.6 is 11.8 Å². The molecule has 1 atom stereocenters. The fourth-order valence-corrected chi connectivity index (χ4v) is 2.67. The van der Waals surface area contributed by atoms with E-state index in [0.717, 1.165) is 11.3 Å². The fraction of sp³-hybridized carbons (Fsp3) is 0.231. The van der Waals surface area contributed by atoms with Gasteiger partial charge in [-0.1, -0.05) is 23.9 Å². The van der Waals surface area contributed by atoms with Gasteiger partial charge in [-0.15, -0.1) is 0 Å². The van der Waals surface area contributed by atoms with Gasteiger partial charge in [-0.2, -0.15) is 0 Å². The molecule has 106 valence electrons. The third kappa shape index (κ3) is 3.52. The molecule has 7 heteroatoms. The molecule has 6 nitrogen and oxygen atoms in total. The SMILES string of the molecule is COc1ccc(C(CN)Sc2nc(N)cc(N)n2)cc1. The molecule has 0 radical (unpaired) electrons. The number of benzene rings is 1. The van der Waals surface area contributed by atoms with Gasteiger partial charge in [0.15, 0.2) is 5.16 Å². The van der Waals surface area contributed by atoms with E-state index in [4.69, 9.17) is 21.9 Å². The molecule has 20 heavy (non-hydrogen) atoms. The normalized spacial score (nSPS) is 12.1. The van der Waals surface area contributed by atoms with Crippen LogP contribution in [0.2, 0.25) is 0 Å². The van der Waals surface area contributed by atoms with E-state index in [1.165, 1.54) is 17.8 Å². The highest BCUT2D eigenvalue weighted by atomic mass is 32.2. The predicted molar refractivity (Wildman–Crippen MR) is 81.5 cm³/mol. The Balaban J connectivity index is 2.19. The van der Waals surface area contributed by atoms with Gasteiger partial charge in [0, 0.05) is 17.9 Å². The first-order chi connectivity index (χ1) is 9.62. The van der Waals surface area contributed by atoms with Crippen LogP contribution in [0, 0.1) is 0 Å². The molecular formula is C13H17N5OS. The Morgan fingerprint density at radius 2 is 1.75 bits per heavy atom. The van der Waals surface area contributed by atoms with Crippen LogP contribution < -0.4 is 21.9 Å². The van der Waals surface area contributed by atoms with E-state index >= 15 is 0 Å². The molecule has 0 aliphatic carbocycles. The molecule has 1 aromatic carbocycles. The van der Waals surface area contributed by atoms with E-state index in [1.807, 2.05) is 24.3 Å². The maximum absolute atomic E-state index is 5.83. The Kier molecular flexibility index (Phi) is 4.65. The minimum Gasteiger partial charge on any atom is -0.497 e. The van der Waals surface area contributed by atoms with E-state index in [-0.39, 0.29) is 5.25 Å². The highest BCUT2D eigenvalue weighted by Crippen LogP contribution is 2.33. The van der Waals surface area contributed by atoms with E-state index in [2.05, 4.69) is 9.97 Å². The zero-order valence-electron chi connectivity index (χ0n) is 11.1. The van der Waals surface area contributed by atoms with Crippen molar-refractivity contribution < 1.29 is 4.74 Å². The van der Waals surface area contributed by atoms with Crippen LogP contribution in [-0.4, -0.2) is 23.6 Å². The number of methoxy groups -OCH3 is 1. The Bertz CT molecular complexity index is 555. The number of nitrogens with zero attached hydrogens (tertiary/aromatic N) is 2. The van der Waals surface area contributed by atoms with Gasteiger partial charge >= 0.3 is 0 Å². The summed E-state index contributed by atoms with van der Waals surface area (Å²) in [5, 5.41) is 0.552. The first kappa shape index (κ1) is 14.4. The smallest absolute Gasteiger partial charge is 0.192 e. The minimum atomic E-state index is 0.0297. The van der Waals surface area contributed by atoms with Crippen molar-refractivity contribution in [1.82, 2.24) is 9.97 Å². The first-order valence-corrected chi connectivity index (χ1v) is 6.91. The molecular weight excluding hydrogens is 274 g/mol. The highest BCUT2D eigenvalue weighted by molar-refractivity contribution is 7.99. The number of ether oxygens (including phenoxy) is 1. The first-order valence-electron chi connectivity index (χ1n) is 6.03. The van der Waals surface area contributed by atoms with Crippen molar-refractivity contribution in [2.75, 3.05) is 25.1 Å². The van der Waals surface area contributed by atoms with E-state index < -0.39 is 0 Å². The second-order valence-corrected chi connectivity index (χ2v) is 5.29. The lowest BCUT2D eigenvalue weighted by Crippen LogP contribution is -2.10. The van der Waals surface area contributed by atoms with Crippen LogP contribution in [0.15, 0.2) is 35.5 Å². The summed E-state index contributed by atoms with van der Waals surface area (Å²) < 4.78 is 5.14. The van der Waals surface area contributed by atoms with Crippen LogP contribution in [0.25, 0.3) is 0 Å². The number of rotatable bonds is 5. The van der Waals surface area contributed by atoms with Gasteiger partial charge in [-0.3, -0.25) is 0 Å². The van der Waals surface area contributed by atoms with Crippen LogP contribution in [0.3, 0.4) is 0 Å². The Morgan fingerprint density at radius 1 is 1.15 bits per heavy atom. The summed E-state index contributed by atoms with van der Waals surface area (Å²) in [5.41, 5.74) is 18.2. The topological polar surface area (TPSA) is 113 Å². The largest absolute Gasteiger partial charge is 0.497 e. The lowest BCUT2D eigenvalue weighted by Gasteiger charge is -2.14. The van der Waals surface area contributed by atoms with Gasteiger partial charge in [0.25, 0.3) is 0 Å². The van der Waals surface area contributed by atoms with E-state index in [1.54, 1.807) is 7.11 Å². The molecule has 6 N–H and O–H groups in total.